The van der Waals surface area contributed by atoms with Crippen molar-refractivity contribution >= 4 is 21.8 Å². The second-order valence-corrected chi connectivity index (χ2v) is 5.15. The van der Waals surface area contributed by atoms with E-state index in [0.717, 1.165) is 25.6 Å². The van der Waals surface area contributed by atoms with Crippen molar-refractivity contribution in [2.45, 2.75) is 31.0 Å². The quantitative estimate of drug-likeness (QED) is 0.561. The Labute approximate surface area is 93.7 Å². The van der Waals surface area contributed by atoms with Crippen LogP contribution in [0.5, 0.6) is 0 Å². The van der Waals surface area contributed by atoms with Crippen LogP contribution in [0.2, 0.25) is 0 Å². The SMILES string of the molecule is CC(Br)C(=O)NCCCOCC1CC1. The highest BCUT2D eigenvalue weighted by molar-refractivity contribution is 9.10. The molecule has 1 unspecified atom stereocenters. The van der Waals surface area contributed by atoms with E-state index in [1.807, 2.05) is 6.92 Å². The molecule has 1 rings (SSSR count). The molecule has 3 nitrogen and oxygen atoms in total. The molecule has 1 saturated carbocycles. The van der Waals surface area contributed by atoms with E-state index in [2.05, 4.69) is 21.2 Å². The Balaban J connectivity index is 1.81. The van der Waals surface area contributed by atoms with Crippen molar-refractivity contribution in [3.05, 3.63) is 0 Å². The summed E-state index contributed by atoms with van der Waals surface area (Å²) in [6.45, 7) is 4.19. The van der Waals surface area contributed by atoms with Gasteiger partial charge in [0.2, 0.25) is 5.91 Å². The lowest BCUT2D eigenvalue weighted by atomic mass is 10.4. The summed E-state index contributed by atoms with van der Waals surface area (Å²) in [4.78, 5) is 11.0. The first-order chi connectivity index (χ1) is 6.70. The largest absolute Gasteiger partial charge is 0.381 e. The van der Waals surface area contributed by atoms with Gasteiger partial charge in [-0.3, -0.25) is 4.79 Å². The number of nitrogens with one attached hydrogen (secondary N) is 1. The maximum atomic E-state index is 11.1. The Bertz CT molecular complexity index is 181. The van der Waals surface area contributed by atoms with Gasteiger partial charge in [0.05, 0.1) is 4.83 Å². The molecule has 0 radical (unpaired) electrons. The minimum Gasteiger partial charge on any atom is -0.381 e. The number of hydrogen-bond donors (Lipinski definition) is 1. The van der Waals surface area contributed by atoms with Crippen molar-refractivity contribution < 1.29 is 9.53 Å². The first kappa shape index (κ1) is 12.0. The standard InChI is InChI=1S/C10H18BrNO2/c1-8(11)10(13)12-5-2-6-14-7-9-3-4-9/h8-9H,2-7H2,1H3,(H,12,13). The number of rotatable bonds is 7. The molecule has 0 aromatic carbocycles. The normalized spacial score (nSPS) is 17.9. The molecule has 82 valence electrons. The van der Waals surface area contributed by atoms with Gasteiger partial charge in [0.1, 0.15) is 0 Å². The highest BCUT2D eigenvalue weighted by atomic mass is 79.9. The van der Waals surface area contributed by atoms with Crippen LogP contribution in [0.3, 0.4) is 0 Å². The lowest BCUT2D eigenvalue weighted by Gasteiger charge is -2.06. The van der Waals surface area contributed by atoms with E-state index < -0.39 is 0 Å². The highest BCUT2D eigenvalue weighted by Crippen LogP contribution is 2.28. The van der Waals surface area contributed by atoms with Gasteiger partial charge >= 0.3 is 0 Å². The molecule has 0 aliphatic heterocycles. The summed E-state index contributed by atoms with van der Waals surface area (Å²) < 4.78 is 5.44. The minimum atomic E-state index is -0.102. The predicted molar refractivity (Wildman–Crippen MR) is 59.6 cm³/mol. The van der Waals surface area contributed by atoms with Crippen molar-refractivity contribution in [3.63, 3.8) is 0 Å². The van der Waals surface area contributed by atoms with E-state index >= 15 is 0 Å². The van der Waals surface area contributed by atoms with Gasteiger partial charge in [-0.05, 0) is 32.1 Å². The van der Waals surface area contributed by atoms with Gasteiger partial charge in [0.25, 0.3) is 0 Å². The molecule has 14 heavy (non-hydrogen) atoms. The molecule has 1 aliphatic carbocycles. The van der Waals surface area contributed by atoms with Gasteiger partial charge in [-0.15, -0.1) is 0 Å². The van der Waals surface area contributed by atoms with Crippen LogP contribution in [0.25, 0.3) is 0 Å². The van der Waals surface area contributed by atoms with Gasteiger partial charge < -0.3 is 10.1 Å². The summed E-state index contributed by atoms with van der Waals surface area (Å²) in [6, 6.07) is 0. The average Bonchev–Trinajstić information content (AvgIpc) is 2.94. The fraction of sp³-hybridized carbons (Fsp3) is 0.900. The molecule has 1 fully saturated rings. The van der Waals surface area contributed by atoms with E-state index in [0.29, 0.717) is 6.54 Å². The third kappa shape index (κ3) is 5.60. The molecule has 1 atom stereocenters. The van der Waals surface area contributed by atoms with Crippen molar-refractivity contribution in [2.24, 2.45) is 5.92 Å². The third-order valence-corrected chi connectivity index (χ3v) is 2.59. The minimum absolute atomic E-state index is 0.0483. The summed E-state index contributed by atoms with van der Waals surface area (Å²) in [7, 11) is 0. The summed E-state index contributed by atoms with van der Waals surface area (Å²) >= 11 is 3.21. The van der Waals surface area contributed by atoms with E-state index in [-0.39, 0.29) is 10.7 Å². The zero-order valence-electron chi connectivity index (χ0n) is 8.59. The first-order valence-electron chi connectivity index (χ1n) is 5.19. The topological polar surface area (TPSA) is 38.3 Å². The molecule has 0 aromatic rings. The van der Waals surface area contributed by atoms with E-state index in [4.69, 9.17) is 4.74 Å². The Hall–Kier alpha value is -0.0900. The van der Waals surface area contributed by atoms with Gasteiger partial charge in [-0.1, -0.05) is 15.9 Å². The van der Waals surface area contributed by atoms with Gasteiger partial charge in [0.15, 0.2) is 0 Å². The summed E-state index contributed by atoms with van der Waals surface area (Å²) in [5.74, 6) is 0.874. The van der Waals surface area contributed by atoms with Crippen LogP contribution in [0.4, 0.5) is 0 Å². The van der Waals surface area contributed by atoms with Crippen molar-refractivity contribution in [3.8, 4) is 0 Å². The van der Waals surface area contributed by atoms with Crippen LogP contribution in [-0.4, -0.2) is 30.5 Å². The molecule has 0 bridgehead atoms. The Morgan fingerprint density at radius 2 is 2.36 bits per heavy atom. The lowest BCUT2D eigenvalue weighted by molar-refractivity contribution is -0.120. The number of carbonyl (C=O) groups is 1. The van der Waals surface area contributed by atoms with E-state index in [9.17, 15) is 4.79 Å². The maximum Gasteiger partial charge on any atom is 0.233 e. The predicted octanol–water partition coefficient (Wildman–Crippen LogP) is 1.70. The van der Waals surface area contributed by atoms with E-state index in [1.165, 1.54) is 12.8 Å². The molecular formula is C10H18BrNO2. The molecule has 0 saturated heterocycles. The van der Waals surface area contributed by atoms with Crippen LogP contribution in [0, 0.1) is 5.92 Å². The van der Waals surface area contributed by atoms with Gasteiger partial charge in [0, 0.05) is 19.8 Å². The third-order valence-electron chi connectivity index (χ3n) is 2.18. The molecular weight excluding hydrogens is 246 g/mol. The van der Waals surface area contributed by atoms with Gasteiger partial charge in [-0.25, -0.2) is 0 Å². The van der Waals surface area contributed by atoms with E-state index in [1.54, 1.807) is 0 Å². The summed E-state index contributed by atoms with van der Waals surface area (Å²) in [5, 5.41) is 2.82. The van der Waals surface area contributed by atoms with Crippen LogP contribution >= 0.6 is 15.9 Å². The Morgan fingerprint density at radius 3 is 2.93 bits per heavy atom. The number of amides is 1. The Kier molecular flexibility index (Phi) is 5.48. The first-order valence-corrected chi connectivity index (χ1v) is 6.11. The monoisotopic (exact) mass is 263 g/mol. The van der Waals surface area contributed by atoms with Crippen molar-refractivity contribution in [1.29, 1.82) is 0 Å². The second kappa shape index (κ2) is 6.40. The fourth-order valence-electron chi connectivity index (χ4n) is 1.06. The second-order valence-electron chi connectivity index (χ2n) is 3.78. The van der Waals surface area contributed by atoms with Crippen LogP contribution in [-0.2, 0) is 9.53 Å². The van der Waals surface area contributed by atoms with Crippen LogP contribution in [0.1, 0.15) is 26.2 Å². The number of alkyl halides is 1. The smallest absolute Gasteiger partial charge is 0.233 e. The maximum absolute atomic E-state index is 11.1. The van der Waals surface area contributed by atoms with Gasteiger partial charge in [-0.2, -0.15) is 0 Å². The summed E-state index contributed by atoms with van der Waals surface area (Å²) in [6.07, 6.45) is 3.56. The molecule has 4 heteroatoms. The van der Waals surface area contributed by atoms with Crippen LogP contribution in [0.15, 0.2) is 0 Å². The number of hydrogen-bond acceptors (Lipinski definition) is 2. The molecule has 1 amide bonds. The molecule has 0 heterocycles. The fourth-order valence-corrected chi connectivity index (χ4v) is 1.22. The number of carbonyl (C=O) groups excluding carboxylic acids is 1. The zero-order valence-corrected chi connectivity index (χ0v) is 10.2. The van der Waals surface area contributed by atoms with Crippen LogP contribution < -0.4 is 5.32 Å². The zero-order chi connectivity index (χ0) is 10.4. The molecule has 1 aliphatic rings. The molecule has 0 aromatic heterocycles. The van der Waals surface area contributed by atoms with Crippen molar-refractivity contribution in [2.75, 3.05) is 19.8 Å². The highest BCUT2D eigenvalue weighted by Gasteiger charge is 2.20. The number of halogens is 1. The van der Waals surface area contributed by atoms with Crippen molar-refractivity contribution in [1.82, 2.24) is 5.32 Å². The molecule has 1 N–H and O–H groups in total. The average molecular weight is 264 g/mol. The lowest BCUT2D eigenvalue weighted by Crippen LogP contribution is -2.30. The summed E-state index contributed by atoms with van der Waals surface area (Å²) in [5.41, 5.74) is 0. The molecule has 0 spiro atoms. The number of ether oxygens (including phenoxy) is 1. The Morgan fingerprint density at radius 1 is 1.64 bits per heavy atom.